The summed E-state index contributed by atoms with van der Waals surface area (Å²) in [6.07, 6.45) is -4.56. The van der Waals surface area contributed by atoms with Gasteiger partial charge in [0.1, 0.15) is 17.3 Å². The lowest BCUT2D eigenvalue weighted by Crippen LogP contribution is -2.49. The SMILES string of the molecule is CC(C)(C)CC1NC(C(=O)O)C(c2cc(F)cc(Cl)c2)C12C(=O)Nc1cc(Cl)ccc12.O=C(O)C(F)(F)F. The summed E-state index contributed by atoms with van der Waals surface area (Å²) in [4.78, 5) is 34.9. The average molecular weight is 579 g/mol. The fourth-order valence-electron chi connectivity index (χ4n) is 5.16. The van der Waals surface area contributed by atoms with Gasteiger partial charge in [0.15, 0.2) is 0 Å². The summed E-state index contributed by atoms with van der Waals surface area (Å²) < 4.78 is 46.1. The fourth-order valence-corrected chi connectivity index (χ4v) is 5.57. The van der Waals surface area contributed by atoms with Crippen LogP contribution < -0.4 is 10.6 Å². The number of benzene rings is 2. The van der Waals surface area contributed by atoms with Crippen LogP contribution in [0.15, 0.2) is 36.4 Å². The van der Waals surface area contributed by atoms with Crippen molar-refractivity contribution in [2.24, 2.45) is 5.41 Å². The van der Waals surface area contributed by atoms with Gasteiger partial charge in [-0.2, -0.15) is 13.2 Å². The number of alkyl halides is 3. The van der Waals surface area contributed by atoms with E-state index in [1.54, 1.807) is 18.2 Å². The Morgan fingerprint density at radius 1 is 1.03 bits per heavy atom. The minimum Gasteiger partial charge on any atom is -0.480 e. The zero-order valence-electron chi connectivity index (χ0n) is 20.3. The Labute approximate surface area is 225 Å². The molecule has 206 valence electrons. The van der Waals surface area contributed by atoms with E-state index in [0.717, 1.165) is 6.07 Å². The largest absolute Gasteiger partial charge is 0.490 e. The van der Waals surface area contributed by atoms with Gasteiger partial charge in [-0.15, -0.1) is 0 Å². The second kappa shape index (κ2) is 10.3. The number of aliphatic carboxylic acids is 2. The van der Waals surface area contributed by atoms with Gasteiger partial charge in [0.2, 0.25) is 5.91 Å². The van der Waals surface area contributed by atoms with Crippen LogP contribution in [0.25, 0.3) is 0 Å². The molecule has 2 aliphatic heterocycles. The van der Waals surface area contributed by atoms with Gasteiger partial charge in [-0.25, -0.2) is 9.18 Å². The molecule has 38 heavy (non-hydrogen) atoms. The maximum Gasteiger partial charge on any atom is 0.490 e. The van der Waals surface area contributed by atoms with Crippen LogP contribution in [-0.4, -0.2) is 46.3 Å². The number of nitrogens with one attached hydrogen (secondary N) is 2. The molecule has 2 aliphatic rings. The van der Waals surface area contributed by atoms with Crippen molar-refractivity contribution in [2.75, 3.05) is 5.32 Å². The van der Waals surface area contributed by atoms with Gasteiger partial charge >= 0.3 is 18.1 Å². The number of rotatable bonds is 3. The number of hydrogen-bond donors (Lipinski definition) is 4. The highest BCUT2D eigenvalue weighted by atomic mass is 35.5. The summed E-state index contributed by atoms with van der Waals surface area (Å²) in [6.45, 7) is 6.08. The third-order valence-electron chi connectivity index (χ3n) is 6.37. The second-order valence-electron chi connectivity index (χ2n) is 10.3. The normalized spacial score (nSPS) is 24.4. The van der Waals surface area contributed by atoms with Gasteiger partial charge in [0.05, 0.1) is 0 Å². The van der Waals surface area contributed by atoms with Gasteiger partial charge in [0.25, 0.3) is 0 Å². The van der Waals surface area contributed by atoms with Crippen molar-refractivity contribution in [3.63, 3.8) is 0 Å². The van der Waals surface area contributed by atoms with E-state index >= 15 is 0 Å². The minimum absolute atomic E-state index is 0.142. The molecule has 2 heterocycles. The van der Waals surface area contributed by atoms with Crippen LogP contribution in [0, 0.1) is 11.2 Å². The molecule has 1 fully saturated rings. The Morgan fingerprint density at radius 3 is 2.13 bits per heavy atom. The highest BCUT2D eigenvalue weighted by Gasteiger charge is 2.66. The van der Waals surface area contributed by atoms with Crippen LogP contribution in [-0.2, 0) is 19.8 Å². The summed E-state index contributed by atoms with van der Waals surface area (Å²) >= 11 is 12.3. The number of carboxylic acid groups (broad SMARTS) is 2. The molecule has 0 bridgehead atoms. The van der Waals surface area contributed by atoms with Crippen LogP contribution in [0.1, 0.15) is 44.2 Å². The van der Waals surface area contributed by atoms with Gasteiger partial charge in [0, 0.05) is 27.7 Å². The number of carbonyl (C=O) groups is 3. The molecule has 2 aromatic carbocycles. The lowest BCUT2D eigenvalue weighted by Gasteiger charge is -2.37. The standard InChI is InChI=1S/C23H23Cl2FN2O3.C2HF3O2/c1-22(2,3)10-17-23(15-5-4-12(24)9-16(15)27-21(23)31)18(19(28-17)20(29)30)11-6-13(25)8-14(26)7-11;3-2(4,5)1(6)7/h4-9,17-19,28H,10H2,1-3H3,(H,27,31)(H,29,30);(H,6,7). The zero-order valence-corrected chi connectivity index (χ0v) is 21.8. The Morgan fingerprint density at radius 2 is 1.63 bits per heavy atom. The molecule has 0 aliphatic carbocycles. The highest BCUT2D eigenvalue weighted by Crippen LogP contribution is 2.56. The molecular formula is C25H24Cl2F4N2O5. The van der Waals surface area contributed by atoms with Crippen molar-refractivity contribution in [3.05, 3.63) is 63.4 Å². The smallest absolute Gasteiger partial charge is 0.480 e. The summed E-state index contributed by atoms with van der Waals surface area (Å²) in [6, 6.07) is 7.42. The summed E-state index contributed by atoms with van der Waals surface area (Å²) in [5, 5.41) is 23.9. The van der Waals surface area contributed by atoms with E-state index in [1.807, 2.05) is 20.8 Å². The predicted molar refractivity (Wildman–Crippen MR) is 132 cm³/mol. The van der Waals surface area contributed by atoms with E-state index in [4.69, 9.17) is 33.1 Å². The van der Waals surface area contributed by atoms with E-state index in [2.05, 4.69) is 10.6 Å². The number of carbonyl (C=O) groups excluding carboxylic acids is 1. The molecule has 7 nitrogen and oxygen atoms in total. The third kappa shape index (κ3) is 5.74. The van der Waals surface area contributed by atoms with Crippen molar-refractivity contribution in [1.82, 2.24) is 5.32 Å². The van der Waals surface area contributed by atoms with Crippen LogP contribution in [0.2, 0.25) is 10.0 Å². The molecule has 4 rings (SSSR count). The molecule has 4 unspecified atom stereocenters. The topological polar surface area (TPSA) is 116 Å². The molecule has 13 heteroatoms. The molecule has 0 radical (unpaired) electrons. The molecule has 0 aromatic heterocycles. The second-order valence-corrected chi connectivity index (χ2v) is 11.2. The van der Waals surface area contributed by atoms with E-state index in [-0.39, 0.29) is 16.3 Å². The Hall–Kier alpha value is -2.89. The van der Waals surface area contributed by atoms with Crippen LogP contribution in [0.3, 0.4) is 0 Å². The van der Waals surface area contributed by atoms with Crippen molar-refractivity contribution in [1.29, 1.82) is 0 Å². The Balaban J connectivity index is 0.000000505. The monoisotopic (exact) mass is 578 g/mol. The molecule has 1 spiro atoms. The number of amides is 1. The van der Waals surface area contributed by atoms with Gasteiger partial charge in [-0.1, -0.05) is 50.0 Å². The zero-order chi connectivity index (χ0) is 28.8. The lowest BCUT2D eigenvalue weighted by molar-refractivity contribution is -0.192. The molecule has 1 saturated heterocycles. The summed E-state index contributed by atoms with van der Waals surface area (Å²) in [5.41, 5.74) is 0.0687. The third-order valence-corrected chi connectivity index (χ3v) is 6.83. The van der Waals surface area contributed by atoms with E-state index < -0.39 is 47.3 Å². The van der Waals surface area contributed by atoms with Crippen LogP contribution in [0.5, 0.6) is 0 Å². The van der Waals surface area contributed by atoms with Crippen molar-refractivity contribution in [3.8, 4) is 0 Å². The maximum atomic E-state index is 14.3. The van der Waals surface area contributed by atoms with Gasteiger partial charge < -0.3 is 15.5 Å². The van der Waals surface area contributed by atoms with E-state index in [0.29, 0.717) is 28.3 Å². The minimum atomic E-state index is -5.08. The average Bonchev–Trinajstić information content (AvgIpc) is 3.21. The first-order valence-corrected chi connectivity index (χ1v) is 12.0. The first-order valence-electron chi connectivity index (χ1n) is 11.2. The van der Waals surface area contributed by atoms with Crippen molar-refractivity contribution >= 4 is 46.7 Å². The molecule has 2 aromatic rings. The number of hydrogen-bond acceptors (Lipinski definition) is 4. The van der Waals surface area contributed by atoms with Gasteiger partial charge in [-0.05, 0) is 53.3 Å². The van der Waals surface area contributed by atoms with E-state index in [1.165, 1.54) is 12.1 Å². The number of carboxylic acids is 2. The van der Waals surface area contributed by atoms with Crippen LogP contribution >= 0.6 is 23.2 Å². The van der Waals surface area contributed by atoms with Gasteiger partial charge in [-0.3, -0.25) is 14.9 Å². The van der Waals surface area contributed by atoms with Crippen molar-refractivity contribution in [2.45, 2.75) is 56.8 Å². The maximum absolute atomic E-state index is 14.3. The quantitative estimate of drug-likeness (QED) is 0.352. The molecule has 1 amide bonds. The number of fused-ring (bicyclic) bond motifs is 2. The summed E-state index contributed by atoms with van der Waals surface area (Å²) in [7, 11) is 0. The number of anilines is 1. The highest BCUT2D eigenvalue weighted by molar-refractivity contribution is 6.31. The summed E-state index contributed by atoms with van der Waals surface area (Å²) in [5.74, 6) is -5.67. The van der Waals surface area contributed by atoms with Crippen LogP contribution in [0.4, 0.5) is 23.2 Å². The Bertz CT molecular complexity index is 1260. The van der Waals surface area contributed by atoms with Crippen molar-refractivity contribution < 1.29 is 42.2 Å². The number of halogens is 6. The fraction of sp³-hybridized carbons (Fsp3) is 0.400. The molecular weight excluding hydrogens is 555 g/mol. The lowest BCUT2D eigenvalue weighted by atomic mass is 9.62. The van der Waals surface area contributed by atoms with E-state index in [9.17, 15) is 32.3 Å². The molecule has 4 atom stereocenters. The predicted octanol–water partition coefficient (Wildman–Crippen LogP) is 5.60. The first-order chi connectivity index (χ1) is 17.4. The first kappa shape index (κ1) is 29.7. The molecule has 4 N–H and O–H groups in total. The molecule has 0 saturated carbocycles. The Kier molecular flexibility index (Phi) is 8.08.